The van der Waals surface area contributed by atoms with E-state index in [1.54, 1.807) is 24.3 Å². The van der Waals surface area contributed by atoms with E-state index in [1.165, 1.54) is 17.8 Å². The summed E-state index contributed by atoms with van der Waals surface area (Å²) in [5.74, 6) is -0.465. The van der Waals surface area contributed by atoms with Crippen molar-refractivity contribution in [2.75, 3.05) is 12.3 Å². The number of aliphatic hydroxyl groups is 2. The van der Waals surface area contributed by atoms with Crippen LogP contribution in [0, 0.1) is 34.5 Å². The van der Waals surface area contributed by atoms with Gasteiger partial charge in [0.1, 0.15) is 5.60 Å². The van der Waals surface area contributed by atoms with Gasteiger partial charge < -0.3 is 15.2 Å². The van der Waals surface area contributed by atoms with Gasteiger partial charge in [-0.3, -0.25) is 9.59 Å². The summed E-state index contributed by atoms with van der Waals surface area (Å²) in [6, 6.07) is 4.71. The van der Waals surface area contributed by atoms with Gasteiger partial charge in [-0.15, -0.1) is 0 Å². The Morgan fingerprint density at radius 2 is 2.05 bits per heavy atom. The number of thioether (sulfide) groups is 1. The van der Waals surface area contributed by atoms with E-state index in [0.717, 1.165) is 31.3 Å². The van der Waals surface area contributed by atoms with Crippen LogP contribution in [0.4, 0.5) is 0 Å². The summed E-state index contributed by atoms with van der Waals surface area (Å²) in [5, 5.41) is 24.5. The van der Waals surface area contributed by atoms with Crippen molar-refractivity contribution < 1.29 is 28.2 Å². The Bertz CT molecular complexity index is 1670. The third-order valence-corrected chi connectivity index (χ3v) is 13.7. The number of carbonyl (C=O) groups is 2. The minimum absolute atomic E-state index is 0.00707. The van der Waals surface area contributed by atoms with Gasteiger partial charge in [-0.05, 0) is 80.2 Å². The van der Waals surface area contributed by atoms with Crippen molar-refractivity contribution in [1.82, 2.24) is 14.7 Å². The zero-order chi connectivity index (χ0) is 31.7. The Morgan fingerprint density at radius 3 is 2.80 bits per heavy atom. The molecule has 0 saturated heterocycles. The van der Waals surface area contributed by atoms with E-state index >= 15 is 0 Å². The lowest BCUT2D eigenvalue weighted by Gasteiger charge is -2.59. The molecule has 238 valence electrons. The van der Waals surface area contributed by atoms with E-state index in [0.29, 0.717) is 35.6 Å². The smallest absolute Gasteiger partial charge is 0.240 e. The molecule has 6 unspecified atom stereocenters. The van der Waals surface area contributed by atoms with E-state index in [4.69, 9.17) is 0 Å². The molecule has 4 N–H and O–H groups in total. The lowest BCUT2D eigenvalue weighted by molar-refractivity contribution is -0.179. The fraction of sp³-hybridized carbons (Fsp3) is 0.606. The zero-order valence-electron chi connectivity index (χ0n) is 25.8. The van der Waals surface area contributed by atoms with Crippen LogP contribution in [-0.2, 0) is 19.6 Å². The quantitative estimate of drug-likeness (QED) is 0.230. The molecule has 11 heteroatoms. The first kappa shape index (κ1) is 31.7. The lowest BCUT2D eigenvalue weighted by atomic mass is 9.46. The Labute approximate surface area is 263 Å². The number of nitrogens with one attached hydrogen (secondary N) is 2. The molecule has 0 radical (unpaired) electrons. The second-order valence-electron chi connectivity index (χ2n) is 13.8. The van der Waals surface area contributed by atoms with Crippen molar-refractivity contribution in [3.63, 3.8) is 0 Å². The molecule has 0 bridgehead atoms. The molecule has 4 aliphatic rings. The van der Waals surface area contributed by atoms with Gasteiger partial charge >= 0.3 is 0 Å². The van der Waals surface area contributed by atoms with Crippen molar-refractivity contribution in [3.8, 4) is 0 Å². The zero-order valence-corrected chi connectivity index (χ0v) is 27.4. The van der Waals surface area contributed by atoms with Crippen LogP contribution < -0.4 is 4.72 Å². The van der Waals surface area contributed by atoms with Crippen molar-refractivity contribution in [1.29, 1.82) is 0 Å². The maximum Gasteiger partial charge on any atom is 0.240 e. The standard InChI is InChI=1S/C33H43N3O6S2/c1-5-6-13-34-44(41,42)22-8-10-25-26(16-22)36-30(35-25)43-18-28(39)33(40)19(2)14-24-23-9-7-20-15-21(37)11-12-31(20,3)29(23)27(38)17-32(24,33)4/h8,10-12,15-16,19,23-24,27,29,34,38,40H,5-7,9,13-14,17-18H2,1-4H3,(H,35,36)/t19-,23?,24?,27?,29?,31?,32?,33+/m1/s1. The SMILES string of the molecule is CCCCNS(=O)(=O)c1ccc2nc(SCC(=O)[C@@]3(O)[C@H](C)CC4C5CCC6=CC(=O)C=CC6(C)C5C(O)CC43C)[nH]c2c1. The van der Waals surface area contributed by atoms with Crippen LogP contribution >= 0.6 is 11.8 Å². The molecular weight excluding hydrogens is 599 g/mol. The molecule has 3 fully saturated rings. The molecule has 0 spiro atoms. The van der Waals surface area contributed by atoms with Crippen molar-refractivity contribution in [2.45, 2.75) is 88.0 Å². The van der Waals surface area contributed by atoms with Crippen LogP contribution in [0.3, 0.4) is 0 Å². The highest BCUT2D eigenvalue weighted by Gasteiger charge is 2.70. The number of ketones is 2. The first-order valence-electron chi connectivity index (χ1n) is 15.7. The van der Waals surface area contributed by atoms with E-state index < -0.39 is 32.6 Å². The summed E-state index contributed by atoms with van der Waals surface area (Å²) in [7, 11) is -3.64. The van der Waals surface area contributed by atoms with Crippen LogP contribution in [0.25, 0.3) is 11.0 Å². The largest absolute Gasteiger partial charge is 0.393 e. The topological polar surface area (TPSA) is 149 Å². The fourth-order valence-corrected chi connectivity index (χ4v) is 11.1. The number of sulfonamides is 1. The molecule has 1 aromatic heterocycles. The van der Waals surface area contributed by atoms with E-state index in [9.17, 15) is 28.2 Å². The number of carbonyl (C=O) groups excluding carboxylic acids is 2. The van der Waals surface area contributed by atoms with E-state index in [-0.39, 0.29) is 45.9 Å². The van der Waals surface area contributed by atoms with Gasteiger partial charge in [0.25, 0.3) is 0 Å². The first-order chi connectivity index (χ1) is 20.7. The minimum Gasteiger partial charge on any atom is -0.393 e. The molecule has 44 heavy (non-hydrogen) atoms. The number of hydrogen-bond acceptors (Lipinski definition) is 8. The number of unbranched alkanes of at least 4 members (excludes halogenated alkanes) is 1. The summed E-state index contributed by atoms with van der Waals surface area (Å²) in [4.78, 5) is 33.9. The van der Waals surface area contributed by atoms with Gasteiger partial charge in [0, 0.05) is 23.3 Å². The number of fused-ring (bicyclic) bond motifs is 6. The fourth-order valence-electron chi connectivity index (χ4n) is 9.16. The Balaban J connectivity index is 1.20. The molecule has 3 saturated carbocycles. The molecule has 1 aromatic carbocycles. The molecule has 0 amide bonds. The number of aliphatic hydroxyl groups excluding tert-OH is 1. The Morgan fingerprint density at radius 1 is 1.27 bits per heavy atom. The number of rotatable bonds is 9. The number of nitrogens with zero attached hydrogens (tertiary/aromatic N) is 1. The second-order valence-corrected chi connectivity index (χ2v) is 16.5. The third kappa shape index (κ3) is 4.85. The molecule has 2 aromatic rings. The monoisotopic (exact) mass is 641 g/mol. The second kappa shape index (κ2) is 11.2. The highest BCUT2D eigenvalue weighted by molar-refractivity contribution is 7.99. The molecule has 8 atom stereocenters. The molecule has 1 heterocycles. The predicted molar refractivity (Wildman–Crippen MR) is 169 cm³/mol. The van der Waals surface area contributed by atoms with Crippen LogP contribution in [0.15, 0.2) is 52.1 Å². The maximum absolute atomic E-state index is 14.0. The Hall–Kier alpha value is -2.31. The molecule has 0 aliphatic heterocycles. The van der Waals surface area contributed by atoms with Crippen LogP contribution in [0.1, 0.15) is 66.2 Å². The average molecular weight is 642 g/mol. The molecular formula is C33H43N3O6S2. The van der Waals surface area contributed by atoms with Gasteiger partial charge in [0.2, 0.25) is 10.0 Å². The number of imidazole rings is 1. The lowest BCUT2D eigenvalue weighted by Crippen LogP contribution is -2.62. The summed E-state index contributed by atoms with van der Waals surface area (Å²) < 4.78 is 28.0. The summed E-state index contributed by atoms with van der Waals surface area (Å²) >= 11 is 1.20. The Kier molecular flexibility index (Phi) is 8.05. The number of hydrogen-bond donors (Lipinski definition) is 4. The van der Waals surface area contributed by atoms with Gasteiger partial charge in [-0.2, -0.15) is 0 Å². The highest BCUT2D eigenvalue weighted by Crippen LogP contribution is 2.68. The average Bonchev–Trinajstić information content (AvgIpc) is 3.47. The van der Waals surface area contributed by atoms with E-state index in [2.05, 4.69) is 21.6 Å². The van der Waals surface area contributed by atoms with Gasteiger partial charge in [0.15, 0.2) is 16.7 Å². The van der Waals surface area contributed by atoms with Crippen molar-refractivity contribution >= 4 is 44.4 Å². The molecule has 6 rings (SSSR count). The first-order valence-corrected chi connectivity index (χ1v) is 18.2. The van der Waals surface area contributed by atoms with Gasteiger partial charge in [-0.25, -0.2) is 18.1 Å². The van der Waals surface area contributed by atoms with Gasteiger partial charge in [-0.1, -0.05) is 57.5 Å². The summed E-state index contributed by atoms with van der Waals surface area (Å²) in [5.41, 5.74) is -0.593. The van der Waals surface area contributed by atoms with Crippen molar-refractivity contribution in [2.24, 2.45) is 34.5 Å². The van der Waals surface area contributed by atoms with Gasteiger partial charge in [0.05, 0.1) is 27.8 Å². The summed E-state index contributed by atoms with van der Waals surface area (Å²) in [6.45, 7) is 8.41. The van der Waals surface area contributed by atoms with Crippen molar-refractivity contribution in [3.05, 3.63) is 42.0 Å². The predicted octanol–water partition coefficient (Wildman–Crippen LogP) is 4.56. The number of aromatic nitrogens is 2. The number of allylic oxidation sites excluding steroid dienone is 4. The number of H-pyrrole nitrogens is 1. The van der Waals surface area contributed by atoms with Crippen LogP contribution in [0.2, 0.25) is 0 Å². The number of aromatic amines is 1. The third-order valence-electron chi connectivity index (χ3n) is 11.4. The van der Waals surface area contributed by atoms with E-state index in [1.807, 2.05) is 26.8 Å². The van der Waals surface area contributed by atoms with Crippen LogP contribution in [0.5, 0.6) is 0 Å². The summed E-state index contributed by atoms with van der Waals surface area (Å²) in [6.07, 6.45) is 8.83. The molecule has 4 aliphatic carbocycles. The number of benzene rings is 1. The highest BCUT2D eigenvalue weighted by atomic mass is 32.2. The minimum atomic E-state index is -3.64. The molecule has 9 nitrogen and oxygen atoms in total. The maximum atomic E-state index is 14.0. The van der Waals surface area contributed by atoms with Crippen LogP contribution in [-0.4, -0.2) is 64.2 Å². The normalized spacial score (nSPS) is 36.5. The number of Topliss-reactive ketones (excluding diaryl/α,β-unsaturated/α-hetero) is 1.